The van der Waals surface area contributed by atoms with Crippen molar-refractivity contribution in [2.45, 2.75) is 12.5 Å². The molecule has 1 unspecified atom stereocenters. The summed E-state index contributed by atoms with van der Waals surface area (Å²) in [5.74, 6) is -0.177. The minimum absolute atomic E-state index is 0.0143. The first-order chi connectivity index (χ1) is 9.70. The molecular formula is C16H16ClNO2. The van der Waals surface area contributed by atoms with Gasteiger partial charge in [0.25, 0.3) is 5.91 Å². The summed E-state index contributed by atoms with van der Waals surface area (Å²) in [4.78, 5) is 12.2. The molecule has 2 rings (SSSR count). The first kappa shape index (κ1) is 14.6. The molecule has 20 heavy (non-hydrogen) atoms. The Labute approximate surface area is 123 Å². The molecule has 0 bridgehead atoms. The summed E-state index contributed by atoms with van der Waals surface area (Å²) in [6, 6.07) is 16.1. The number of amides is 1. The van der Waals surface area contributed by atoms with E-state index in [0.717, 1.165) is 5.56 Å². The van der Waals surface area contributed by atoms with Crippen molar-refractivity contribution in [1.29, 1.82) is 0 Å². The second-order valence-electron chi connectivity index (χ2n) is 4.46. The minimum atomic E-state index is -0.204. The summed E-state index contributed by atoms with van der Waals surface area (Å²) in [6.07, 6.45) is 0.476. The Balaban J connectivity index is 2.12. The molecule has 0 saturated carbocycles. The molecule has 0 aliphatic carbocycles. The van der Waals surface area contributed by atoms with Gasteiger partial charge in [-0.3, -0.25) is 4.79 Å². The quantitative estimate of drug-likeness (QED) is 0.888. The van der Waals surface area contributed by atoms with E-state index in [2.05, 4.69) is 5.32 Å². The van der Waals surface area contributed by atoms with Crippen LogP contribution < -0.4 is 5.32 Å². The fraction of sp³-hybridized carbons (Fsp3) is 0.188. The van der Waals surface area contributed by atoms with Crippen LogP contribution in [0.25, 0.3) is 0 Å². The molecule has 2 aromatic carbocycles. The van der Waals surface area contributed by atoms with E-state index in [1.54, 1.807) is 24.3 Å². The largest absolute Gasteiger partial charge is 0.396 e. The van der Waals surface area contributed by atoms with E-state index in [9.17, 15) is 4.79 Å². The maximum absolute atomic E-state index is 12.2. The zero-order valence-corrected chi connectivity index (χ0v) is 11.7. The number of rotatable bonds is 5. The van der Waals surface area contributed by atoms with Gasteiger partial charge >= 0.3 is 0 Å². The van der Waals surface area contributed by atoms with E-state index in [-0.39, 0.29) is 18.6 Å². The molecule has 0 aliphatic rings. The fourth-order valence-electron chi connectivity index (χ4n) is 1.98. The number of benzene rings is 2. The highest BCUT2D eigenvalue weighted by Gasteiger charge is 2.15. The van der Waals surface area contributed by atoms with Gasteiger partial charge in [-0.2, -0.15) is 0 Å². The van der Waals surface area contributed by atoms with Crippen LogP contribution in [0.4, 0.5) is 0 Å². The molecular weight excluding hydrogens is 274 g/mol. The Kier molecular flexibility index (Phi) is 5.16. The van der Waals surface area contributed by atoms with E-state index in [0.29, 0.717) is 17.0 Å². The number of nitrogens with one attached hydrogen (secondary N) is 1. The summed E-state index contributed by atoms with van der Waals surface area (Å²) in [5.41, 5.74) is 1.53. The van der Waals surface area contributed by atoms with Crippen LogP contribution in [0.2, 0.25) is 5.02 Å². The molecule has 1 atom stereocenters. The zero-order chi connectivity index (χ0) is 14.4. The zero-order valence-electron chi connectivity index (χ0n) is 10.9. The lowest BCUT2D eigenvalue weighted by molar-refractivity contribution is 0.0930. The van der Waals surface area contributed by atoms with Crippen molar-refractivity contribution in [3.8, 4) is 0 Å². The molecule has 0 aliphatic heterocycles. The van der Waals surface area contributed by atoms with Gasteiger partial charge in [-0.05, 0) is 36.2 Å². The molecule has 2 N–H and O–H groups in total. The molecule has 0 saturated heterocycles. The molecule has 104 valence electrons. The highest BCUT2D eigenvalue weighted by molar-refractivity contribution is 6.30. The highest BCUT2D eigenvalue weighted by Crippen LogP contribution is 2.17. The summed E-state index contributed by atoms with van der Waals surface area (Å²) in [6.45, 7) is 0.0143. The average molecular weight is 290 g/mol. The predicted molar refractivity (Wildman–Crippen MR) is 79.8 cm³/mol. The lowest BCUT2D eigenvalue weighted by Gasteiger charge is -2.18. The summed E-state index contributed by atoms with van der Waals surface area (Å²) in [5, 5.41) is 12.7. The van der Waals surface area contributed by atoms with Crippen LogP contribution in [0.3, 0.4) is 0 Å². The van der Waals surface area contributed by atoms with Gasteiger partial charge in [0.2, 0.25) is 0 Å². The first-order valence-electron chi connectivity index (χ1n) is 6.43. The van der Waals surface area contributed by atoms with Gasteiger partial charge < -0.3 is 10.4 Å². The number of carbonyl (C=O) groups excluding carboxylic acids is 1. The lowest BCUT2D eigenvalue weighted by Crippen LogP contribution is -2.29. The van der Waals surface area contributed by atoms with E-state index < -0.39 is 0 Å². The molecule has 0 radical (unpaired) electrons. The third kappa shape index (κ3) is 3.83. The number of halogens is 1. The molecule has 1 amide bonds. The predicted octanol–water partition coefficient (Wildman–Crippen LogP) is 3.19. The number of hydrogen-bond donors (Lipinski definition) is 2. The van der Waals surface area contributed by atoms with Gasteiger partial charge in [0.15, 0.2) is 0 Å². The Hall–Kier alpha value is -1.84. The van der Waals surface area contributed by atoms with Crippen molar-refractivity contribution in [3.63, 3.8) is 0 Å². The van der Waals surface area contributed by atoms with Gasteiger partial charge in [0.05, 0.1) is 6.04 Å². The summed E-state index contributed by atoms with van der Waals surface area (Å²) < 4.78 is 0. The van der Waals surface area contributed by atoms with Crippen molar-refractivity contribution < 1.29 is 9.90 Å². The van der Waals surface area contributed by atoms with Crippen LogP contribution in [0.5, 0.6) is 0 Å². The van der Waals surface area contributed by atoms with E-state index in [4.69, 9.17) is 16.7 Å². The van der Waals surface area contributed by atoms with Crippen molar-refractivity contribution in [1.82, 2.24) is 5.32 Å². The van der Waals surface area contributed by atoms with Crippen molar-refractivity contribution >= 4 is 17.5 Å². The number of hydrogen-bond acceptors (Lipinski definition) is 2. The van der Waals surface area contributed by atoms with E-state index >= 15 is 0 Å². The van der Waals surface area contributed by atoms with Gasteiger partial charge in [-0.15, -0.1) is 0 Å². The number of aliphatic hydroxyl groups is 1. The van der Waals surface area contributed by atoms with Crippen LogP contribution in [-0.2, 0) is 0 Å². The van der Waals surface area contributed by atoms with Gasteiger partial charge in [-0.25, -0.2) is 0 Å². The van der Waals surface area contributed by atoms with Crippen molar-refractivity contribution in [2.75, 3.05) is 6.61 Å². The second-order valence-corrected chi connectivity index (χ2v) is 4.89. The first-order valence-corrected chi connectivity index (χ1v) is 6.80. The number of carbonyl (C=O) groups is 1. The molecule has 0 heterocycles. The third-order valence-corrected chi connectivity index (χ3v) is 3.28. The normalized spacial score (nSPS) is 11.9. The van der Waals surface area contributed by atoms with Crippen LogP contribution in [-0.4, -0.2) is 17.6 Å². The lowest BCUT2D eigenvalue weighted by atomic mass is 10.0. The fourth-order valence-corrected chi connectivity index (χ4v) is 2.11. The Morgan fingerprint density at radius 3 is 2.35 bits per heavy atom. The third-order valence-electron chi connectivity index (χ3n) is 3.03. The smallest absolute Gasteiger partial charge is 0.251 e. The molecule has 4 heteroatoms. The standard InChI is InChI=1S/C16H16ClNO2/c17-14-8-6-13(7-9-14)16(20)18-15(10-11-19)12-4-2-1-3-5-12/h1-9,15,19H,10-11H2,(H,18,20). The highest BCUT2D eigenvalue weighted by atomic mass is 35.5. The minimum Gasteiger partial charge on any atom is -0.396 e. The van der Waals surface area contributed by atoms with Gasteiger partial charge in [0, 0.05) is 17.2 Å². The van der Waals surface area contributed by atoms with Crippen LogP contribution >= 0.6 is 11.6 Å². The van der Waals surface area contributed by atoms with Crippen molar-refractivity contribution in [2.24, 2.45) is 0 Å². The van der Waals surface area contributed by atoms with Crippen LogP contribution in [0.15, 0.2) is 54.6 Å². The summed E-state index contributed by atoms with van der Waals surface area (Å²) >= 11 is 5.80. The molecule has 2 aromatic rings. The SMILES string of the molecule is O=C(NC(CCO)c1ccccc1)c1ccc(Cl)cc1. The molecule has 0 fully saturated rings. The Morgan fingerprint density at radius 1 is 1.10 bits per heavy atom. The summed E-state index contributed by atoms with van der Waals surface area (Å²) in [7, 11) is 0. The van der Waals surface area contributed by atoms with Crippen molar-refractivity contribution in [3.05, 3.63) is 70.7 Å². The Morgan fingerprint density at radius 2 is 1.75 bits per heavy atom. The second kappa shape index (κ2) is 7.08. The topological polar surface area (TPSA) is 49.3 Å². The van der Waals surface area contributed by atoms with Crippen LogP contribution in [0, 0.1) is 0 Å². The van der Waals surface area contributed by atoms with Crippen LogP contribution in [0.1, 0.15) is 28.4 Å². The van der Waals surface area contributed by atoms with E-state index in [1.165, 1.54) is 0 Å². The van der Waals surface area contributed by atoms with Gasteiger partial charge in [-0.1, -0.05) is 41.9 Å². The maximum Gasteiger partial charge on any atom is 0.251 e. The molecule has 3 nitrogen and oxygen atoms in total. The number of aliphatic hydroxyl groups excluding tert-OH is 1. The van der Waals surface area contributed by atoms with Gasteiger partial charge in [0.1, 0.15) is 0 Å². The monoisotopic (exact) mass is 289 g/mol. The maximum atomic E-state index is 12.2. The molecule has 0 spiro atoms. The Bertz CT molecular complexity index is 554. The van der Waals surface area contributed by atoms with E-state index in [1.807, 2.05) is 30.3 Å². The average Bonchev–Trinajstić information content (AvgIpc) is 2.48. The molecule has 0 aromatic heterocycles.